The lowest BCUT2D eigenvalue weighted by molar-refractivity contribution is -0.130. The largest absolute Gasteiger partial charge is 0.496 e. The Morgan fingerprint density at radius 2 is 1.90 bits per heavy atom. The fourth-order valence-electron chi connectivity index (χ4n) is 5.43. The maximum Gasteiger partial charge on any atom is 0.255 e. The summed E-state index contributed by atoms with van der Waals surface area (Å²) in [7, 11) is 1.47. The number of ether oxygens (including phenoxy) is 1. The van der Waals surface area contributed by atoms with Gasteiger partial charge in [0.1, 0.15) is 29.6 Å². The second kappa shape index (κ2) is 11.8. The topological polar surface area (TPSA) is 158 Å². The predicted octanol–water partition coefficient (Wildman–Crippen LogP) is 1.27. The van der Waals surface area contributed by atoms with Gasteiger partial charge in [0.2, 0.25) is 17.7 Å². The van der Waals surface area contributed by atoms with Crippen molar-refractivity contribution < 1.29 is 23.9 Å². The summed E-state index contributed by atoms with van der Waals surface area (Å²) >= 11 is 0. The zero-order valence-electron chi connectivity index (χ0n) is 23.1. The van der Waals surface area contributed by atoms with E-state index >= 15 is 0 Å². The van der Waals surface area contributed by atoms with Crippen LogP contribution >= 0.6 is 0 Å². The van der Waals surface area contributed by atoms with Crippen LogP contribution in [0, 0.1) is 5.92 Å². The molecule has 3 atom stereocenters. The zero-order chi connectivity index (χ0) is 29.1. The number of rotatable bonds is 9. The molecule has 4 amide bonds. The molecule has 5 rings (SSSR count). The monoisotopic (exact) mass is 559 g/mol. The molecule has 0 aliphatic carbocycles. The number of aromatic nitrogens is 3. The summed E-state index contributed by atoms with van der Waals surface area (Å²) in [6.07, 6.45) is 2.78. The first kappa shape index (κ1) is 27.8. The molecule has 2 aromatic carbocycles. The molecule has 0 fully saturated rings. The van der Waals surface area contributed by atoms with E-state index in [4.69, 9.17) is 4.74 Å². The van der Waals surface area contributed by atoms with Gasteiger partial charge in [0.25, 0.3) is 5.91 Å². The SMILES string of the molecule is COc1ccccc1C(=O)N[C@H](C(=O)N[C@H]1CCc2cccc3c2N(C1=O)[C@H](C(=O)NCc1cn[nH]n1)C3)C(C)C. The van der Waals surface area contributed by atoms with Crippen LogP contribution in [0.3, 0.4) is 0 Å². The molecule has 0 saturated heterocycles. The fraction of sp³-hybridized carbons (Fsp3) is 0.379. The van der Waals surface area contributed by atoms with Crippen molar-refractivity contribution in [2.45, 2.75) is 57.8 Å². The van der Waals surface area contributed by atoms with Gasteiger partial charge in [-0.2, -0.15) is 15.4 Å². The van der Waals surface area contributed by atoms with Crippen LogP contribution < -0.4 is 25.6 Å². The van der Waals surface area contributed by atoms with Crippen LogP contribution in [0.5, 0.6) is 5.75 Å². The van der Waals surface area contributed by atoms with Gasteiger partial charge in [0.15, 0.2) is 0 Å². The zero-order valence-corrected chi connectivity index (χ0v) is 23.1. The number of hydrogen-bond acceptors (Lipinski definition) is 7. The van der Waals surface area contributed by atoms with E-state index in [0.29, 0.717) is 36.3 Å². The summed E-state index contributed by atoms with van der Waals surface area (Å²) in [5, 5.41) is 18.7. The standard InChI is InChI=1S/C29H33N7O5/c1-16(2)24(33-26(37)20-9-4-5-10-23(20)41-3)28(39)32-21-12-11-17-7-6-8-18-13-22(36(25(17)18)29(21)40)27(38)30-14-19-15-31-35-34-19/h4-10,15-16,21-22,24H,11-14H2,1-3H3,(H,30,38)(H,32,39)(H,33,37)(H,31,34,35)/t21-,22-,24-/m0/s1. The number of nitrogens with one attached hydrogen (secondary N) is 4. The van der Waals surface area contributed by atoms with Crippen molar-refractivity contribution in [1.29, 1.82) is 0 Å². The van der Waals surface area contributed by atoms with Crippen molar-refractivity contribution in [1.82, 2.24) is 31.4 Å². The van der Waals surface area contributed by atoms with Gasteiger partial charge in [-0.05, 0) is 42.0 Å². The van der Waals surface area contributed by atoms with Gasteiger partial charge in [-0.1, -0.05) is 44.2 Å². The first-order chi connectivity index (χ1) is 19.8. The molecule has 2 aliphatic rings. The molecule has 1 aromatic heterocycles. The second-order valence-corrected chi connectivity index (χ2v) is 10.5. The number of aromatic amines is 1. The van der Waals surface area contributed by atoms with Crippen LogP contribution in [0.1, 0.15) is 47.4 Å². The summed E-state index contributed by atoms with van der Waals surface area (Å²) in [6.45, 7) is 3.80. The number of H-pyrrole nitrogens is 1. The Balaban J connectivity index is 1.34. The van der Waals surface area contributed by atoms with Crippen molar-refractivity contribution in [3.63, 3.8) is 0 Å². The lowest BCUT2D eigenvalue weighted by Crippen LogP contribution is -2.58. The molecule has 2 aliphatic heterocycles. The number of para-hydroxylation sites is 2. The quantitative estimate of drug-likeness (QED) is 0.307. The third-order valence-electron chi connectivity index (χ3n) is 7.52. The molecule has 12 heteroatoms. The van der Waals surface area contributed by atoms with Crippen LogP contribution in [0.2, 0.25) is 0 Å². The number of aryl methyl sites for hydroxylation is 1. The Morgan fingerprint density at radius 1 is 1.12 bits per heavy atom. The summed E-state index contributed by atoms with van der Waals surface area (Å²) in [5.41, 5.74) is 3.47. The number of amides is 4. The van der Waals surface area contributed by atoms with E-state index in [0.717, 1.165) is 16.8 Å². The smallest absolute Gasteiger partial charge is 0.255 e. The molecule has 41 heavy (non-hydrogen) atoms. The number of carbonyl (C=O) groups is 4. The van der Waals surface area contributed by atoms with Gasteiger partial charge in [-0.25, -0.2) is 0 Å². The van der Waals surface area contributed by atoms with Crippen LogP contribution in [0.15, 0.2) is 48.7 Å². The highest BCUT2D eigenvalue weighted by atomic mass is 16.5. The van der Waals surface area contributed by atoms with E-state index in [-0.39, 0.29) is 24.3 Å². The van der Waals surface area contributed by atoms with Gasteiger partial charge in [-0.3, -0.25) is 24.1 Å². The van der Waals surface area contributed by atoms with Crippen LogP contribution in [0.4, 0.5) is 5.69 Å². The lowest BCUT2D eigenvalue weighted by Gasteiger charge is -2.29. The van der Waals surface area contributed by atoms with Gasteiger partial charge < -0.3 is 20.7 Å². The Bertz CT molecular complexity index is 1460. The number of benzene rings is 2. The van der Waals surface area contributed by atoms with Crippen LogP contribution in [-0.4, -0.2) is 64.3 Å². The van der Waals surface area contributed by atoms with E-state index in [1.54, 1.807) is 24.3 Å². The molecular formula is C29H33N7O5. The van der Waals surface area contributed by atoms with E-state index < -0.39 is 29.9 Å². The van der Waals surface area contributed by atoms with Crippen LogP contribution in [0.25, 0.3) is 0 Å². The second-order valence-electron chi connectivity index (χ2n) is 10.5. The normalized spacial score (nSPS) is 18.3. The van der Waals surface area contributed by atoms with Gasteiger partial charge in [0, 0.05) is 6.42 Å². The highest BCUT2D eigenvalue weighted by Gasteiger charge is 2.44. The van der Waals surface area contributed by atoms with Crippen molar-refractivity contribution in [2.75, 3.05) is 12.0 Å². The maximum atomic E-state index is 14.0. The molecule has 4 N–H and O–H groups in total. The van der Waals surface area contributed by atoms with Gasteiger partial charge in [-0.15, -0.1) is 0 Å². The van der Waals surface area contributed by atoms with E-state index in [2.05, 4.69) is 31.4 Å². The first-order valence-corrected chi connectivity index (χ1v) is 13.6. The van der Waals surface area contributed by atoms with Crippen molar-refractivity contribution in [3.8, 4) is 5.75 Å². The average molecular weight is 560 g/mol. The van der Waals surface area contributed by atoms with E-state index in [9.17, 15) is 19.2 Å². The van der Waals surface area contributed by atoms with Crippen molar-refractivity contribution >= 4 is 29.3 Å². The highest BCUT2D eigenvalue weighted by Crippen LogP contribution is 2.39. The Morgan fingerprint density at radius 3 is 2.63 bits per heavy atom. The molecule has 12 nitrogen and oxygen atoms in total. The molecule has 214 valence electrons. The number of carbonyl (C=O) groups excluding carboxylic acids is 4. The minimum atomic E-state index is -0.901. The number of methoxy groups -OCH3 is 1. The molecule has 3 heterocycles. The van der Waals surface area contributed by atoms with E-state index in [1.165, 1.54) is 18.2 Å². The summed E-state index contributed by atoms with van der Waals surface area (Å²) in [4.78, 5) is 55.4. The molecule has 0 saturated carbocycles. The summed E-state index contributed by atoms with van der Waals surface area (Å²) in [5.74, 6) is -1.48. The van der Waals surface area contributed by atoms with E-state index in [1.807, 2.05) is 32.0 Å². The third-order valence-corrected chi connectivity index (χ3v) is 7.52. The lowest BCUT2D eigenvalue weighted by atomic mass is 9.99. The third kappa shape index (κ3) is 5.63. The van der Waals surface area contributed by atoms with Gasteiger partial charge in [0.05, 0.1) is 31.1 Å². The molecule has 0 bridgehead atoms. The molecule has 0 spiro atoms. The minimum Gasteiger partial charge on any atom is -0.496 e. The Hall–Kier alpha value is -4.74. The molecular weight excluding hydrogens is 526 g/mol. The van der Waals surface area contributed by atoms with Crippen molar-refractivity contribution in [3.05, 3.63) is 71.0 Å². The molecule has 3 aromatic rings. The molecule has 0 radical (unpaired) electrons. The summed E-state index contributed by atoms with van der Waals surface area (Å²) in [6, 6.07) is 10.0. The Labute approximate surface area is 237 Å². The highest BCUT2D eigenvalue weighted by molar-refractivity contribution is 6.08. The molecule has 0 unspecified atom stereocenters. The fourth-order valence-corrected chi connectivity index (χ4v) is 5.43. The first-order valence-electron chi connectivity index (χ1n) is 13.6. The summed E-state index contributed by atoms with van der Waals surface area (Å²) < 4.78 is 5.29. The number of nitrogens with zero attached hydrogens (tertiary/aromatic N) is 3. The van der Waals surface area contributed by atoms with Gasteiger partial charge >= 0.3 is 0 Å². The van der Waals surface area contributed by atoms with Crippen molar-refractivity contribution in [2.24, 2.45) is 5.92 Å². The maximum absolute atomic E-state index is 14.0. The minimum absolute atomic E-state index is 0.166. The predicted molar refractivity (Wildman–Crippen MR) is 149 cm³/mol. The number of hydrogen-bond donors (Lipinski definition) is 4. The Kier molecular flexibility index (Phi) is 7.99. The van der Waals surface area contributed by atoms with Crippen LogP contribution in [-0.2, 0) is 33.8 Å². The average Bonchev–Trinajstić information content (AvgIpc) is 3.61. The number of anilines is 1.